The molecule has 3 N–H and O–H groups in total. The van der Waals surface area contributed by atoms with Crippen molar-refractivity contribution >= 4 is 15.9 Å². The van der Waals surface area contributed by atoms with Gasteiger partial charge in [-0.25, -0.2) is 0 Å². The Morgan fingerprint density at radius 3 is 2.45 bits per heavy atom. The lowest BCUT2D eigenvalue weighted by Crippen LogP contribution is -2.38. The minimum absolute atomic E-state index is 0.192. The smallest absolute Gasteiger partial charge is 0.119 e. The van der Waals surface area contributed by atoms with Gasteiger partial charge in [-0.05, 0) is 36.6 Å². The molecule has 0 bridgehead atoms. The fraction of sp³-hybridized carbons (Fsp3) is 0.250. The summed E-state index contributed by atoms with van der Waals surface area (Å²) in [6.45, 7) is 0.642. The molecule has 2 aromatic carbocycles. The van der Waals surface area contributed by atoms with Crippen LogP contribution in [0.25, 0.3) is 0 Å². The van der Waals surface area contributed by atoms with Gasteiger partial charge >= 0.3 is 0 Å². The number of hydrazine groups is 1. The number of halogens is 1. The summed E-state index contributed by atoms with van der Waals surface area (Å²) in [4.78, 5) is 0. The van der Waals surface area contributed by atoms with Gasteiger partial charge < -0.3 is 4.74 Å². The third-order valence-corrected chi connectivity index (χ3v) is 3.91. The standard InChI is InChI=1S/C16H19BrN2O/c17-16-9-5-4-6-13(16)12-14(19-18)10-11-20-15-7-2-1-3-8-15/h1-9,14,19H,10-12,18H2. The molecule has 0 aromatic heterocycles. The zero-order valence-electron chi connectivity index (χ0n) is 11.3. The first-order valence-corrected chi connectivity index (χ1v) is 7.46. The fourth-order valence-electron chi connectivity index (χ4n) is 2.01. The number of ether oxygens (including phenoxy) is 1. The molecule has 20 heavy (non-hydrogen) atoms. The normalized spacial score (nSPS) is 12.1. The monoisotopic (exact) mass is 334 g/mol. The average molecular weight is 335 g/mol. The van der Waals surface area contributed by atoms with Crippen molar-refractivity contribution in [2.24, 2.45) is 5.84 Å². The van der Waals surface area contributed by atoms with Crippen molar-refractivity contribution in [2.75, 3.05) is 6.61 Å². The molecule has 1 unspecified atom stereocenters. The van der Waals surface area contributed by atoms with Gasteiger partial charge in [-0.2, -0.15) is 0 Å². The number of hydrogen-bond acceptors (Lipinski definition) is 3. The summed E-state index contributed by atoms with van der Waals surface area (Å²) in [6, 6.07) is 18.2. The van der Waals surface area contributed by atoms with E-state index in [-0.39, 0.29) is 6.04 Å². The molecule has 2 aromatic rings. The Kier molecular flexibility index (Phi) is 6.05. The molecule has 1 atom stereocenters. The molecule has 0 amide bonds. The highest BCUT2D eigenvalue weighted by Crippen LogP contribution is 2.18. The second-order valence-corrected chi connectivity index (χ2v) is 5.46. The van der Waals surface area contributed by atoms with E-state index < -0.39 is 0 Å². The van der Waals surface area contributed by atoms with E-state index in [4.69, 9.17) is 10.6 Å². The highest BCUT2D eigenvalue weighted by molar-refractivity contribution is 9.10. The van der Waals surface area contributed by atoms with E-state index in [1.54, 1.807) is 0 Å². The van der Waals surface area contributed by atoms with Crippen molar-refractivity contribution in [2.45, 2.75) is 18.9 Å². The number of para-hydroxylation sites is 1. The molecule has 0 heterocycles. The predicted octanol–water partition coefficient (Wildman–Crippen LogP) is 3.29. The van der Waals surface area contributed by atoms with Gasteiger partial charge in [0, 0.05) is 10.5 Å². The Balaban J connectivity index is 1.82. The van der Waals surface area contributed by atoms with Crippen LogP contribution >= 0.6 is 15.9 Å². The summed E-state index contributed by atoms with van der Waals surface area (Å²) in [5, 5.41) is 0. The Hall–Kier alpha value is -1.36. The number of nitrogens with two attached hydrogens (primary N) is 1. The maximum absolute atomic E-state index is 5.70. The molecule has 0 radical (unpaired) electrons. The van der Waals surface area contributed by atoms with Crippen LogP contribution in [-0.4, -0.2) is 12.6 Å². The van der Waals surface area contributed by atoms with E-state index in [2.05, 4.69) is 27.4 Å². The van der Waals surface area contributed by atoms with E-state index in [1.807, 2.05) is 48.5 Å². The SMILES string of the molecule is NNC(CCOc1ccccc1)Cc1ccccc1Br. The Bertz CT molecular complexity index is 519. The van der Waals surface area contributed by atoms with Crippen LogP contribution in [0.3, 0.4) is 0 Å². The van der Waals surface area contributed by atoms with E-state index in [9.17, 15) is 0 Å². The van der Waals surface area contributed by atoms with Crippen LogP contribution in [0.15, 0.2) is 59.1 Å². The lowest BCUT2D eigenvalue weighted by atomic mass is 10.0. The minimum Gasteiger partial charge on any atom is -0.494 e. The molecular formula is C16H19BrN2O. The lowest BCUT2D eigenvalue weighted by Gasteiger charge is -2.17. The second kappa shape index (κ2) is 8.04. The molecule has 0 saturated carbocycles. The number of rotatable bonds is 7. The first kappa shape index (κ1) is 15.0. The minimum atomic E-state index is 0.192. The molecule has 2 rings (SSSR count). The van der Waals surface area contributed by atoms with Crippen molar-refractivity contribution in [1.29, 1.82) is 0 Å². The first-order valence-electron chi connectivity index (χ1n) is 6.67. The van der Waals surface area contributed by atoms with E-state index in [1.165, 1.54) is 5.56 Å². The Labute approximate surface area is 128 Å². The molecule has 0 fully saturated rings. The maximum Gasteiger partial charge on any atom is 0.119 e. The van der Waals surface area contributed by atoms with Crippen LogP contribution < -0.4 is 16.0 Å². The predicted molar refractivity (Wildman–Crippen MR) is 85.5 cm³/mol. The number of benzene rings is 2. The summed E-state index contributed by atoms with van der Waals surface area (Å²) in [5.74, 6) is 6.52. The number of nitrogens with one attached hydrogen (secondary N) is 1. The molecule has 0 aliphatic carbocycles. The van der Waals surface area contributed by atoms with Crippen LogP contribution in [0, 0.1) is 0 Å². The van der Waals surface area contributed by atoms with Crippen molar-refractivity contribution in [3.05, 3.63) is 64.6 Å². The Morgan fingerprint density at radius 2 is 1.75 bits per heavy atom. The third-order valence-electron chi connectivity index (χ3n) is 3.14. The third kappa shape index (κ3) is 4.63. The van der Waals surface area contributed by atoms with Crippen LogP contribution in [0.2, 0.25) is 0 Å². The molecular weight excluding hydrogens is 316 g/mol. The van der Waals surface area contributed by atoms with Gasteiger partial charge in [-0.3, -0.25) is 11.3 Å². The largest absolute Gasteiger partial charge is 0.494 e. The van der Waals surface area contributed by atoms with Gasteiger partial charge in [0.2, 0.25) is 0 Å². The van der Waals surface area contributed by atoms with E-state index in [0.29, 0.717) is 6.61 Å². The summed E-state index contributed by atoms with van der Waals surface area (Å²) < 4.78 is 6.81. The highest BCUT2D eigenvalue weighted by Gasteiger charge is 2.10. The van der Waals surface area contributed by atoms with E-state index >= 15 is 0 Å². The number of hydrogen-bond donors (Lipinski definition) is 2. The van der Waals surface area contributed by atoms with Gasteiger partial charge in [0.25, 0.3) is 0 Å². The lowest BCUT2D eigenvalue weighted by molar-refractivity contribution is 0.285. The molecule has 0 aliphatic rings. The van der Waals surface area contributed by atoms with Crippen LogP contribution in [-0.2, 0) is 6.42 Å². The van der Waals surface area contributed by atoms with Crippen molar-refractivity contribution in [3.63, 3.8) is 0 Å². The first-order chi connectivity index (χ1) is 9.79. The quantitative estimate of drug-likeness (QED) is 0.603. The van der Waals surface area contributed by atoms with Crippen LogP contribution in [0.4, 0.5) is 0 Å². The summed E-state index contributed by atoms with van der Waals surface area (Å²) in [7, 11) is 0. The van der Waals surface area contributed by atoms with Crippen molar-refractivity contribution < 1.29 is 4.74 Å². The zero-order valence-corrected chi connectivity index (χ0v) is 12.8. The van der Waals surface area contributed by atoms with Crippen LogP contribution in [0.1, 0.15) is 12.0 Å². The van der Waals surface area contributed by atoms with Crippen molar-refractivity contribution in [1.82, 2.24) is 5.43 Å². The summed E-state index contributed by atoms with van der Waals surface area (Å²) >= 11 is 3.56. The molecule has 0 aliphatic heterocycles. The van der Waals surface area contributed by atoms with E-state index in [0.717, 1.165) is 23.1 Å². The molecule has 106 valence electrons. The molecule has 0 saturated heterocycles. The van der Waals surface area contributed by atoms with Crippen molar-refractivity contribution in [3.8, 4) is 5.75 Å². The van der Waals surface area contributed by atoms with Crippen LogP contribution in [0.5, 0.6) is 5.75 Å². The second-order valence-electron chi connectivity index (χ2n) is 4.61. The molecule has 0 spiro atoms. The average Bonchev–Trinajstić information content (AvgIpc) is 2.49. The molecule has 4 heteroatoms. The van der Waals surface area contributed by atoms with Gasteiger partial charge in [0.15, 0.2) is 0 Å². The Morgan fingerprint density at radius 1 is 1.05 bits per heavy atom. The molecule has 3 nitrogen and oxygen atoms in total. The zero-order chi connectivity index (χ0) is 14.2. The highest BCUT2D eigenvalue weighted by atomic mass is 79.9. The van der Waals surface area contributed by atoms with Gasteiger partial charge in [-0.15, -0.1) is 0 Å². The topological polar surface area (TPSA) is 47.3 Å². The fourth-order valence-corrected chi connectivity index (χ4v) is 2.46. The summed E-state index contributed by atoms with van der Waals surface area (Å²) in [6.07, 6.45) is 1.73. The van der Waals surface area contributed by atoms with Gasteiger partial charge in [0.05, 0.1) is 6.61 Å². The maximum atomic E-state index is 5.70. The summed E-state index contributed by atoms with van der Waals surface area (Å²) in [5.41, 5.74) is 4.11. The van der Waals surface area contributed by atoms with Gasteiger partial charge in [-0.1, -0.05) is 52.3 Å². The van der Waals surface area contributed by atoms with Gasteiger partial charge in [0.1, 0.15) is 5.75 Å².